The Morgan fingerprint density at radius 1 is 1.13 bits per heavy atom. The Labute approximate surface area is 181 Å². The van der Waals surface area contributed by atoms with E-state index in [2.05, 4.69) is 5.32 Å². The minimum absolute atomic E-state index is 0.0566. The topological polar surface area (TPSA) is 49.3 Å². The number of carboxylic acids is 1. The molecule has 168 valence electrons. The Hall–Kier alpha value is -2.34. The number of halogens is 3. The standard InChI is InChI=1S/C25H30F3NO2/c1-15(2)12-20(24(30)31)19-13-18(17-9-5-4-6-10-17)14-21(23(19)25(26,27)28)22-11-7-8-16(3)29-22/h4-6,9-10,13-16,20,22,29H,7-8,11-12H2,1-3H3,(H,30,31). The molecule has 1 fully saturated rings. The second-order valence-electron chi connectivity index (χ2n) is 8.97. The lowest BCUT2D eigenvalue weighted by atomic mass is 9.80. The number of carboxylic acid groups (broad SMARTS) is 1. The van der Waals surface area contributed by atoms with Crippen molar-refractivity contribution in [3.8, 4) is 11.1 Å². The maximum absolute atomic E-state index is 14.4. The van der Waals surface area contributed by atoms with E-state index in [1.165, 1.54) is 6.07 Å². The van der Waals surface area contributed by atoms with Gasteiger partial charge in [0, 0.05) is 12.1 Å². The van der Waals surface area contributed by atoms with Crippen LogP contribution in [0.4, 0.5) is 13.2 Å². The molecule has 1 aliphatic heterocycles. The summed E-state index contributed by atoms with van der Waals surface area (Å²) in [7, 11) is 0. The van der Waals surface area contributed by atoms with Crippen molar-refractivity contribution in [3.05, 3.63) is 59.2 Å². The minimum atomic E-state index is -4.65. The van der Waals surface area contributed by atoms with Gasteiger partial charge in [0.15, 0.2) is 0 Å². The largest absolute Gasteiger partial charge is 0.481 e. The highest BCUT2D eigenvalue weighted by Gasteiger charge is 2.42. The van der Waals surface area contributed by atoms with Gasteiger partial charge in [0.25, 0.3) is 0 Å². The Morgan fingerprint density at radius 3 is 2.35 bits per heavy atom. The predicted molar refractivity (Wildman–Crippen MR) is 116 cm³/mol. The van der Waals surface area contributed by atoms with Gasteiger partial charge < -0.3 is 10.4 Å². The second-order valence-corrected chi connectivity index (χ2v) is 8.97. The van der Waals surface area contributed by atoms with Crippen LogP contribution in [0.2, 0.25) is 0 Å². The monoisotopic (exact) mass is 433 g/mol. The van der Waals surface area contributed by atoms with Crippen LogP contribution in [0, 0.1) is 5.92 Å². The van der Waals surface area contributed by atoms with Gasteiger partial charge in [-0.05, 0) is 66.5 Å². The number of piperidine rings is 1. The van der Waals surface area contributed by atoms with E-state index in [0.717, 1.165) is 18.4 Å². The summed E-state index contributed by atoms with van der Waals surface area (Å²) in [5.41, 5.74) is 0.632. The molecule has 1 aliphatic rings. The molecule has 0 radical (unpaired) electrons. The van der Waals surface area contributed by atoms with Crippen LogP contribution in [0.25, 0.3) is 11.1 Å². The number of alkyl halides is 3. The first kappa shape index (κ1) is 23.3. The van der Waals surface area contributed by atoms with Crippen molar-refractivity contribution >= 4 is 5.97 Å². The number of rotatable bonds is 6. The normalized spacial score (nSPS) is 20.6. The lowest BCUT2D eigenvalue weighted by Crippen LogP contribution is -2.36. The van der Waals surface area contributed by atoms with Crippen LogP contribution in [-0.4, -0.2) is 17.1 Å². The molecule has 3 nitrogen and oxygen atoms in total. The molecule has 3 atom stereocenters. The van der Waals surface area contributed by atoms with Gasteiger partial charge in [-0.15, -0.1) is 0 Å². The average molecular weight is 434 g/mol. The quantitative estimate of drug-likeness (QED) is 0.527. The molecule has 0 aromatic heterocycles. The van der Waals surface area contributed by atoms with Crippen LogP contribution in [-0.2, 0) is 11.0 Å². The van der Waals surface area contributed by atoms with E-state index < -0.39 is 29.7 Å². The number of aliphatic carboxylic acids is 1. The summed E-state index contributed by atoms with van der Waals surface area (Å²) >= 11 is 0. The molecule has 1 saturated heterocycles. The van der Waals surface area contributed by atoms with Gasteiger partial charge in [-0.2, -0.15) is 13.2 Å². The van der Waals surface area contributed by atoms with Gasteiger partial charge in [0.1, 0.15) is 0 Å². The molecular formula is C25H30F3NO2. The fraction of sp³-hybridized carbons (Fsp3) is 0.480. The lowest BCUT2D eigenvalue weighted by molar-refractivity contribution is -0.142. The number of carbonyl (C=O) groups is 1. The average Bonchev–Trinajstić information content (AvgIpc) is 2.70. The van der Waals surface area contributed by atoms with E-state index in [1.54, 1.807) is 6.07 Å². The SMILES string of the molecule is CC(C)CC(C(=O)O)c1cc(-c2ccccc2)cc(C2CCCC(C)N2)c1C(F)(F)F. The summed E-state index contributed by atoms with van der Waals surface area (Å²) < 4.78 is 43.3. The summed E-state index contributed by atoms with van der Waals surface area (Å²) in [5.74, 6) is -2.50. The van der Waals surface area contributed by atoms with Crippen molar-refractivity contribution < 1.29 is 23.1 Å². The van der Waals surface area contributed by atoms with Crippen LogP contribution >= 0.6 is 0 Å². The molecule has 2 aromatic carbocycles. The summed E-state index contributed by atoms with van der Waals surface area (Å²) in [6.45, 7) is 5.63. The molecule has 31 heavy (non-hydrogen) atoms. The summed E-state index contributed by atoms with van der Waals surface area (Å²) in [5, 5.41) is 13.2. The van der Waals surface area contributed by atoms with Crippen molar-refractivity contribution in [3.63, 3.8) is 0 Å². The number of hydrogen-bond acceptors (Lipinski definition) is 2. The molecule has 6 heteroatoms. The zero-order chi connectivity index (χ0) is 22.8. The van der Waals surface area contributed by atoms with Crippen molar-refractivity contribution in [2.45, 2.75) is 70.6 Å². The molecule has 1 heterocycles. The third-order valence-corrected chi connectivity index (χ3v) is 5.96. The first-order valence-corrected chi connectivity index (χ1v) is 10.9. The zero-order valence-corrected chi connectivity index (χ0v) is 18.2. The minimum Gasteiger partial charge on any atom is -0.481 e. The second kappa shape index (κ2) is 9.43. The van der Waals surface area contributed by atoms with Crippen molar-refractivity contribution in [2.75, 3.05) is 0 Å². The molecule has 0 spiro atoms. The smallest absolute Gasteiger partial charge is 0.417 e. The Bertz CT molecular complexity index is 909. The van der Waals surface area contributed by atoms with Crippen LogP contribution in [0.15, 0.2) is 42.5 Å². The number of benzene rings is 2. The summed E-state index contributed by atoms with van der Waals surface area (Å²) in [6.07, 6.45) is -2.17. The van der Waals surface area contributed by atoms with Gasteiger partial charge in [0.2, 0.25) is 0 Å². The van der Waals surface area contributed by atoms with Crippen molar-refractivity contribution in [1.29, 1.82) is 0 Å². The van der Waals surface area contributed by atoms with Crippen LogP contribution in [0.5, 0.6) is 0 Å². The number of nitrogens with one attached hydrogen (secondary N) is 1. The summed E-state index contributed by atoms with van der Waals surface area (Å²) in [4.78, 5) is 12.1. The maximum atomic E-state index is 14.4. The molecule has 2 N–H and O–H groups in total. The predicted octanol–water partition coefficient (Wildman–Crippen LogP) is 6.79. The van der Waals surface area contributed by atoms with Crippen LogP contribution in [0.1, 0.15) is 75.1 Å². The van der Waals surface area contributed by atoms with E-state index in [-0.39, 0.29) is 29.5 Å². The Morgan fingerprint density at radius 2 is 1.81 bits per heavy atom. The molecule has 3 rings (SSSR count). The van der Waals surface area contributed by atoms with E-state index in [9.17, 15) is 23.1 Å². The first-order chi connectivity index (χ1) is 14.6. The van der Waals surface area contributed by atoms with Gasteiger partial charge in [-0.1, -0.05) is 50.6 Å². The number of hydrogen-bond donors (Lipinski definition) is 2. The van der Waals surface area contributed by atoms with Gasteiger partial charge in [-0.3, -0.25) is 4.79 Å². The van der Waals surface area contributed by atoms with Crippen LogP contribution in [0.3, 0.4) is 0 Å². The van der Waals surface area contributed by atoms with E-state index in [4.69, 9.17) is 0 Å². The van der Waals surface area contributed by atoms with E-state index >= 15 is 0 Å². The zero-order valence-electron chi connectivity index (χ0n) is 18.2. The fourth-order valence-electron chi connectivity index (χ4n) is 4.58. The highest BCUT2D eigenvalue weighted by molar-refractivity contribution is 5.79. The molecule has 2 aromatic rings. The third-order valence-electron chi connectivity index (χ3n) is 5.96. The molecule has 3 unspecified atom stereocenters. The highest BCUT2D eigenvalue weighted by Crippen LogP contribution is 2.45. The van der Waals surface area contributed by atoms with Crippen molar-refractivity contribution in [2.24, 2.45) is 5.92 Å². The molecule has 0 saturated carbocycles. The molecular weight excluding hydrogens is 403 g/mol. The molecule has 0 bridgehead atoms. The van der Waals surface area contributed by atoms with Gasteiger partial charge in [-0.25, -0.2) is 0 Å². The highest BCUT2D eigenvalue weighted by atomic mass is 19.4. The molecule has 0 aliphatic carbocycles. The first-order valence-electron chi connectivity index (χ1n) is 10.9. The lowest BCUT2D eigenvalue weighted by Gasteiger charge is -2.33. The summed E-state index contributed by atoms with van der Waals surface area (Å²) in [6, 6.07) is 11.9. The fourth-order valence-corrected chi connectivity index (χ4v) is 4.58. The van der Waals surface area contributed by atoms with Crippen molar-refractivity contribution in [1.82, 2.24) is 5.32 Å². The third kappa shape index (κ3) is 5.48. The molecule has 0 amide bonds. The van der Waals surface area contributed by atoms with Crippen LogP contribution < -0.4 is 5.32 Å². The van der Waals surface area contributed by atoms with Gasteiger partial charge in [0.05, 0.1) is 11.5 Å². The maximum Gasteiger partial charge on any atom is 0.417 e. The van der Waals surface area contributed by atoms with E-state index in [1.807, 2.05) is 51.1 Å². The van der Waals surface area contributed by atoms with Gasteiger partial charge >= 0.3 is 12.1 Å². The van der Waals surface area contributed by atoms with E-state index in [0.29, 0.717) is 12.0 Å². The Balaban J connectivity index is 2.30. The Kier molecular flexibility index (Phi) is 7.10.